The zero-order chi connectivity index (χ0) is 18.8. The van der Waals surface area contributed by atoms with Gasteiger partial charge in [0.1, 0.15) is 0 Å². The number of aromatic nitrogens is 2. The molecule has 0 radical (unpaired) electrons. The number of thioether (sulfide) groups is 1. The van der Waals surface area contributed by atoms with E-state index in [1.807, 2.05) is 6.07 Å². The third-order valence-electron chi connectivity index (χ3n) is 4.29. The molecule has 5 heteroatoms. The predicted molar refractivity (Wildman–Crippen MR) is 111 cm³/mol. The fraction of sp³-hybridized carbons (Fsp3) is 0.333. The quantitative estimate of drug-likeness (QED) is 0.422. The summed E-state index contributed by atoms with van der Waals surface area (Å²) in [6, 6.07) is 11.8. The molecule has 0 saturated carbocycles. The van der Waals surface area contributed by atoms with Crippen LogP contribution in [0.25, 0.3) is 10.9 Å². The molecule has 1 aromatic heterocycles. The Balaban J connectivity index is 2.04. The molecule has 2 aromatic carbocycles. The van der Waals surface area contributed by atoms with Crippen molar-refractivity contribution in [3.8, 4) is 0 Å². The molecule has 3 nitrogen and oxygen atoms in total. The monoisotopic (exact) mass is 386 g/mol. The van der Waals surface area contributed by atoms with Crippen LogP contribution in [0, 0.1) is 19.8 Å². The lowest BCUT2D eigenvalue weighted by Gasteiger charge is -2.15. The van der Waals surface area contributed by atoms with Gasteiger partial charge in [-0.15, -0.1) is 0 Å². The van der Waals surface area contributed by atoms with Crippen molar-refractivity contribution in [2.45, 2.75) is 45.1 Å². The van der Waals surface area contributed by atoms with Crippen LogP contribution in [0.2, 0.25) is 5.02 Å². The van der Waals surface area contributed by atoms with Crippen molar-refractivity contribution in [3.05, 3.63) is 68.5 Å². The van der Waals surface area contributed by atoms with E-state index in [1.54, 1.807) is 28.5 Å². The molecule has 1 heterocycles. The van der Waals surface area contributed by atoms with Gasteiger partial charge in [0.25, 0.3) is 5.56 Å². The average molecular weight is 387 g/mol. The van der Waals surface area contributed by atoms with Crippen molar-refractivity contribution in [1.82, 2.24) is 9.55 Å². The first-order chi connectivity index (χ1) is 12.3. The Labute approximate surface area is 163 Å². The number of hydrogen-bond donors (Lipinski definition) is 0. The van der Waals surface area contributed by atoms with Gasteiger partial charge in [-0.05, 0) is 49.1 Å². The van der Waals surface area contributed by atoms with E-state index < -0.39 is 0 Å². The molecule has 26 heavy (non-hydrogen) atoms. The predicted octanol–water partition coefficient (Wildman–Crippen LogP) is 5.62. The normalized spacial score (nSPS) is 11.5. The number of nitrogens with zero attached hydrogens (tertiary/aromatic N) is 2. The fourth-order valence-electron chi connectivity index (χ4n) is 2.91. The average Bonchev–Trinajstić information content (AvgIpc) is 2.59. The largest absolute Gasteiger partial charge is 0.287 e. The molecule has 0 bridgehead atoms. The minimum absolute atomic E-state index is 0.0188. The van der Waals surface area contributed by atoms with E-state index in [-0.39, 0.29) is 5.56 Å². The van der Waals surface area contributed by atoms with Gasteiger partial charge in [0.2, 0.25) is 0 Å². The van der Waals surface area contributed by atoms with Crippen molar-refractivity contribution < 1.29 is 0 Å². The molecular weight excluding hydrogens is 364 g/mol. The van der Waals surface area contributed by atoms with Gasteiger partial charge in [-0.25, -0.2) is 4.98 Å². The van der Waals surface area contributed by atoms with E-state index in [9.17, 15) is 4.79 Å². The summed E-state index contributed by atoms with van der Waals surface area (Å²) in [6.07, 6.45) is 0. The van der Waals surface area contributed by atoms with Crippen LogP contribution in [0.5, 0.6) is 0 Å². The van der Waals surface area contributed by atoms with Crippen LogP contribution in [0.3, 0.4) is 0 Å². The molecule has 0 amide bonds. The van der Waals surface area contributed by atoms with Gasteiger partial charge < -0.3 is 0 Å². The summed E-state index contributed by atoms with van der Waals surface area (Å²) in [4.78, 5) is 17.8. The van der Waals surface area contributed by atoms with Crippen LogP contribution < -0.4 is 5.56 Å². The molecule has 136 valence electrons. The Morgan fingerprint density at radius 1 is 1.15 bits per heavy atom. The number of benzene rings is 2. The van der Waals surface area contributed by atoms with Crippen LogP contribution in [-0.4, -0.2) is 9.55 Å². The highest BCUT2D eigenvalue weighted by molar-refractivity contribution is 7.98. The second-order valence-corrected chi connectivity index (χ2v) is 8.46. The number of rotatable bonds is 5. The van der Waals surface area contributed by atoms with Gasteiger partial charge in [-0.1, -0.05) is 61.0 Å². The summed E-state index contributed by atoms with van der Waals surface area (Å²) in [7, 11) is 0. The highest BCUT2D eigenvalue weighted by Crippen LogP contribution is 2.25. The van der Waals surface area contributed by atoms with Crippen LogP contribution in [0.15, 0.2) is 46.3 Å². The third-order valence-corrected chi connectivity index (χ3v) is 5.55. The minimum Gasteiger partial charge on any atom is -0.287 e. The summed E-state index contributed by atoms with van der Waals surface area (Å²) in [6.45, 7) is 9.07. The van der Waals surface area contributed by atoms with E-state index in [2.05, 4.69) is 45.9 Å². The highest BCUT2D eigenvalue weighted by atomic mass is 35.5. The molecular formula is C21H23ClN2OS. The first-order valence-electron chi connectivity index (χ1n) is 8.74. The van der Waals surface area contributed by atoms with E-state index in [0.29, 0.717) is 28.4 Å². The fourth-order valence-corrected chi connectivity index (χ4v) is 4.15. The molecule has 3 rings (SSSR count). The summed E-state index contributed by atoms with van der Waals surface area (Å²) >= 11 is 7.70. The molecule has 0 aliphatic heterocycles. The lowest BCUT2D eigenvalue weighted by molar-refractivity contribution is 0.475. The zero-order valence-corrected chi connectivity index (χ0v) is 17.1. The summed E-state index contributed by atoms with van der Waals surface area (Å²) < 4.78 is 1.79. The maximum absolute atomic E-state index is 13.0. The van der Waals surface area contributed by atoms with Crippen molar-refractivity contribution in [2.24, 2.45) is 5.92 Å². The Morgan fingerprint density at radius 3 is 2.65 bits per heavy atom. The summed E-state index contributed by atoms with van der Waals surface area (Å²) in [5, 5.41) is 1.90. The molecule has 3 aromatic rings. The Bertz CT molecular complexity index is 1010. The van der Waals surface area contributed by atoms with Gasteiger partial charge in [0.05, 0.1) is 10.9 Å². The number of fused-ring (bicyclic) bond motifs is 1. The van der Waals surface area contributed by atoms with Gasteiger partial charge in [0, 0.05) is 17.3 Å². The summed E-state index contributed by atoms with van der Waals surface area (Å²) in [5.74, 6) is 1.14. The van der Waals surface area contributed by atoms with E-state index in [0.717, 1.165) is 10.9 Å². The Hall–Kier alpha value is -1.78. The van der Waals surface area contributed by atoms with Crippen LogP contribution >= 0.6 is 23.4 Å². The standard InChI is InChI=1S/C21H23ClN2OS/c1-13(2)11-24-20(25)18-10-17(22)7-8-19(18)23-21(24)26-12-16-9-14(3)5-6-15(16)4/h5-10,13H,11-12H2,1-4H3. The van der Waals surface area contributed by atoms with Gasteiger partial charge >= 0.3 is 0 Å². The van der Waals surface area contributed by atoms with Gasteiger partial charge in [-0.2, -0.15) is 0 Å². The molecule has 0 unspecified atom stereocenters. The second kappa shape index (κ2) is 7.85. The molecule has 0 fully saturated rings. The van der Waals surface area contributed by atoms with Crippen LogP contribution in [0.4, 0.5) is 0 Å². The molecule has 0 aliphatic carbocycles. The molecule has 0 aliphatic rings. The third kappa shape index (κ3) is 4.13. The number of aryl methyl sites for hydroxylation is 2. The molecule has 0 atom stereocenters. The smallest absolute Gasteiger partial charge is 0.262 e. The Kier molecular flexibility index (Phi) is 5.73. The summed E-state index contributed by atoms with van der Waals surface area (Å²) in [5.41, 5.74) is 4.45. The van der Waals surface area contributed by atoms with E-state index in [1.165, 1.54) is 16.7 Å². The van der Waals surface area contributed by atoms with E-state index in [4.69, 9.17) is 16.6 Å². The number of halogens is 1. The van der Waals surface area contributed by atoms with E-state index >= 15 is 0 Å². The second-order valence-electron chi connectivity index (χ2n) is 7.08. The van der Waals surface area contributed by atoms with Crippen LogP contribution in [-0.2, 0) is 12.3 Å². The Morgan fingerprint density at radius 2 is 1.92 bits per heavy atom. The molecule has 0 spiro atoms. The lowest BCUT2D eigenvalue weighted by atomic mass is 10.1. The topological polar surface area (TPSA) is 34.9 Å². The van der Waals surface area contributed by atoms with Crippen molar-refractivity contribution >= 4 is 34.3 Å². The molecule has 0 N–H and O–H groups in total. The highest BCUT2D eigenvalue weighted by Gasteiger charge is 2.14. The van der Waals surface area contributed by atoms with Gasteiger partial charge in [0.15, 0.2) is 5.16 Å². The lowest BCUT2D eigenvalue weighted by Crippen LogP contribution is -2.25. The van der Waals surface area contributed by atoms with Gasteiger partial charge in [-0.3, -0.25) is 9.36 Å². The number of hydrogen-bond acceptors (Lipinski definition) is 3. The van der Waals surface area contributed by atoms with Crippen LogP contribution in [0.1, 0.15) is 30.5 Å². The van der Waals surface area contributed by atoms with Crippen molar-refractivity contribution in [2.75, 3.05) is 0 Å². The zero-order valence-electron chi connectivity index (χ0n) is 15.5. The first-order valence-corrected chi connectivity index (χ1v) is 10.1. The maximum Gasteiger partial charge on any atom is 0.262 e. The first kappa shape index (κ1) is 19.0. The van der Waals surface area contributed by atoms with Crippen molar-refractivity contribution in [3.63, 3.8) is 0 Å². The maximum atomic E-state index is 13.0. The van der Waals surface area contributed by atoms with Crippen molar-refractivity contribution in [1.29, 1.82) is 0 Å². The molecule has 0 saturated heterocycles. The minimum atomic E-state index is -0.0188. The SMILES string of the molecule is Cc1ccc(C)c(CSc2nc3ccc(Cl)cc3c(=O)n2CC(C)C)c1.